The van der Waals surface area contributed by atoms with Gasteiger partial charge in [-0.05, 0) is 49.2 Å². The number of hydrogen-bond donors (Lipinski definition) is 2. The molecule has 2 aromatic rings. The number of benzene rings is 2. The molecule has 0 aliphatic heterocycles. The molecule has 1 saturated carbocycles. The molecule has 2 aromatic carbocycles. The van der Waals surface area contributed by atoms with Crippen LogP contribution in [-0.2, 0) is 11.0 Å². The van der Waals surface area contributed by atoms with Gasteiger partial charge in [0.25, 0.3) is 5.91 Å². The molecule has 7 heteroatoms. The van der Waals surface area contributed by atoms with Crippen molar-refractivity contribution < 1.29 is 22.8 Å². The van der Waals surface area contributed by atoms with E-state index in [0.29, 0.717) is 11.4 Å². The Hall–Kier alpha value is -2.83. The normalized spacial score (nSPS) is 14.0. The standard InChI is InChI=1S/C18H15F3N2O2/c19-18(20,21)13-4-1-3-12(9-13)17(25)23-15-6-2-5-14(10-15)22-16(24)11-7-8-11/h1-6,9-11H,7-8H2,(H,22,24)(H,23,25). The Morgan fingerprint density at radius 3 is 2.20 bits per heavy atom. The van der Waals surface area contributed by atoms with Crippen molar-refractivity contribution in [3.8, 4) is 0 Å². The van der Waals surface area contributed by atoms with Gasteiger partial charge < -0.3 is 10.6 Å². The molecule has 0 radical (unpaired) electrons. The summed E-state index contributed by atoms with van der Waals surface area (Å²) in [7, 11) is 0. The van der Waals surface area contributed by atoms with Crippen molar-refractivity contribution in [1.29, 1.82) is 0 Å². The summed E-state index contributed by atoms with van der Waals surface area (Å²) in [4.78, 5) is 23.9. The van der Waals surface area contributed by atoms with E-state index in [1.54, 1.807) is 24.3 Å². The minimum absolute atomic E-state index is 0.0448. The van der Waals surface area contributed by atoms with Crippen LogP contribution in [0.5, 0.6) is 0 Å². The first-order valence-electron chi connectivity index (χ1n) is 7.72. The molecule has 130 valence electrons. The Kier molecular flexibility index (Phi) is 4.48. The van der Waals surface area contributed by atoms with Gasteiger partial charge in [-0.15, -0.1) is 0 Å². The van der Waals surface area contributed by atoms with Gasteiger partial charge in [-0.1, -0.05) is 12.1 Å². The third kappa shape index (κ3) is 4.37. The maximum absolute atomic E-state index is 12.7. The quantitative estimate of drug-likeness (QED) is 0.865. The number of rotatable bonds is 4. The monoisotopic (exact) mass is 348 g/mol. The van der Waals surface area contributed by atoms with Crippen LogP contribution in [0.2, 0.25) is 0 Å². The van der Waals surface area contributed by atoms with E-state index in [0.717, 1.165) is 25.0 Å². The molecule has 0 unspecified atom stereocenters. The zero-order chi connectivity index (χ0) is 18.0. The van der Waals surface area contributed by atoms with E-state index in [-0.39, 0.29) is 17.4 Å². The lowest BCUT2D eigenvalue weighted by Gasteiger charge is -2.10. The summed E-state index contributed by atoms with van der Waals surface area (Å²) in [6.45, 7) is 0. The lowest BCUT2D eigenvalue weighted by molar-refractivity contribution is -0.137. The van der Waals surface area contributed by atoms with Gasteiger partial charge in [0, 0.05) is 22.9 Å². The van der Waals surface area contributed by atoms with E-state index in [4.69, 9.17) is 0 Å². The van der Waals surface area contributed by atoms with E-state index in [2.05, 4.69) is 10.6 Å². The predicted octanol–water partition coefficient (Wildman–Crippen LogP) is 4.31. The topological polar surface area (TPSA) is 58.2 Å². The molecular formula is C18H15F3N2O2. The first-order chi connectivity index (χ1) is 11.8. The van der Waals surface area contributed by atoms with Crippen molar-refractivity contribution in [2.24, 2.45) is 5.92 Å². The smallest absolute Gasteiger partial charge is 0.326 e. The fourth-order valence-electron chi connectivity index (χ4n) is 2.30. The van der Waals surface area contributed by atoms with Gasteiger partial charge in [-0.2, -0.15) is 13.2 Å². The SMILES string of the molecule is O=C(Nc1cccc(NC(=O)C2CC2)c1)c1cccc(C(F)(F)F)c1. The zero-order valence-electron chi connectivity index (χ0n) is 13.1. The Morgan fingerprint density at radius 2 is 1.56 bits per heavy atom. The van der Waals surface area contributed by atoms with Gasteiger partial charge in [-0.3, -0.25) is 9.59 Å². The molecule has 0 aromatic heterocycles. The summed E-state index contributed by atoms with van der Waals surface area (Å²) in [5, 5.41) is 5.29. The summed E-state index contributed by atoms with van der Waals surface area (Å²) in [6, 6.07) is 10.7. The lowest BCUT2D eigenvalue weighted by atomic mass is 10.1. The highest BCUT2D eigenvalue weighted by Gasteiger charge is 2.31. The first-order valence-corrected chi connectivity index (χ1v) is 7.72. The van der Waals surface area contributed by atoms with E-state index in [1.807, 2.05) is 0 Å². The average Bonchev–Trinajstić information content (AvgIpc) is 3.39. The van der Waals surface area contributed by atoms with Gasteiger partial charge in [-0.25, -0.2) is 0 Å². The minimum atomic E-state index is -4.51. The maximum Gasteiger partial charge on any atom is 0.416 e. The highest BCUT2D eigenvalue weighted by Crippen LogP contribution is 2.31. The van der Waals surface area contributed by atoms with Crippen molar-refractivity contribution in [2.75, 3.05) is 10.6 Å². The number of nitrogens with one attached hydrogen (secondary N) is 2. The molecule has 0 spiro atoms. The molecule has 1 aliphatic carbocycles. The van der Waals surface area contributed by atoms with Crippen LogP contribution in [0.1, 0.15) is 28.8 Å². The summed E-state index contributed by atoms with van der Waals surface area (Å²) in [5.74, 6) is -0.679. The van der Waals surface area contributed by atoms with E-state index >= 15 is 0 Å². The summed E-state index contributed by atoms with van der Waals surface area (Å²) >= 11 is 0. The van der Waals surface area contributed by atoms with Crippen LogP contribution in [0.25, 0.3) is 0 Å². The third-order valence-corrected chi connectivity index (χ3v) is 3.79. The highest BCUT2D eigenvalue weighted by molar-refractivity contribution is 6.05. The summed E-state index contributed by atoms with van der Waals surface area (Å²) < 4.78 is 38.2. The van der Waals surface area contributed by atoms with Crippen molar-refractivity contribution >= 4 is 23.2 Å². The molecule has 2 amide bonds. The largest absolute Gasteiger partial charge is 0.416 e. The first kappa shape index (κ1) is 17.0. The molecule has 1 fully saturated rings. The predicted molar refractivity (Wildman–Crippen MR) is 87.2 cm³/mol. The molecule has 1 aliphatic rings. The molecule has 0 bridgehead atoms. The average molecular weight is 348 g/mol. The van der Waals surface area contributed by atoms with Crippen molar-refractivity contribution in [3.05, 3.63) is 59.7 Å². The number of carbonyl (C=O) groups is 2. The number of alkyl halides is 3. The van der Waals surface area contributed by atoms with E-state index in [1.165, 1.54) is 12.1 Å². The second-order valence-electron chi connectivity index (χ2n) is 5.88. The molecule has 2 N–H and O–H groups in total. The zero-order valence-corrected chi connectivity index (χ0v) is 13.1. The Morgan fingerprint density at radius 1 is 0.920 bits per heavy atom. The molecule has 3 rings (SSSR count). The minimum Gasteiger partial charge on any atom is -0.326 e. The van der Waals surface area contributed by atoms with Gasteiger partial charge in [0.15, 0.2) is 0 Å². The lowest BCUT2D eigenvalue weighted by Crippen LogP contribution is -2.15. The Bertz CT molecular complexity index is 814. The second kappa shape index (κ2) is 6.58. The molecular weight excluding hydrogens is 333 g/mol. The summed E-state index contributed by atoms with van der Waals surface area (Å²) in [6.07, 6.45) is -2.76. The number of carbonyl (C=O) groups excluding carboxylic acids is 2. The number of amides is 2. The van der Waals surface area contributed by atoms with E-state index in [9.17, 15) is 22.8 Å². The number of halogens is 3. The molecule has 25 heavy (non-hydrogen) atoms. The Balaban J connectivity index is 1.71. The van der Waals surface area contributed by atoms with Crippen LogP contribution in [0, 0.1) is 5.92 Å². The Labute approximate surface area is 142 Å². The van der Waals surface area contributed by atoms with Crippen LogP contribution < -0.4 is 10.6 Å². The van der Waals surface area contributed by atoms with Crippen LogP contribution in [0.3, 0.4) is 0 Å². The van der Waals surface area contributed by atoms with E-state index < -0.39 is 17.6 Å². The van der Waals surface area contributed by atoms with Crippen molar-refractivity contribution in [1.82, 2.24) is 0 Å². The highest BCUT2D eigenvalue weighted by atomic mass is 19.4. The van der Waals surface area contributed by atoms with Gasteiger partial charge in [0.1, 0.15) is 0 Å². The number of hydrogen-bond acceptors (Lipinski definition) is 2. The van der Waals surface area contributed by atoms with Crippen LogP contribution in [-0.4, -0.2) is 11.8 Å². The fraction of sp³-hybridized carbons (Fsp3) is 0.222. The third-order valence-electron chi connectivity index (χ3n) is 3.79. The second-order valence-corrected chi connectivity index (χ2v) is 5.88. The van der Waals surface area contributed by atoms with Gasteiger partial charge in [0.05, 0.1) is 5.56 Å². The summed E-state index contributed by atoms with van der Waals surface area (Å²) in [5.41, 5.74) is -0.0670. The molecule has 0 atom stereocenters. The van der Waals surface area contributed by atoms with Crippen molar-refractivity contribution in [2.45, 2.75) is 19.0 Å². The van der Waals surface area contributed by atoms with Crippen LogP contribution >= 0.6 is 0 Å². The maximum atomic E-state index is 12.7. The molecule has 0 saturated heterocycles. The van der Waals surface area contributed by atoms with Gasteiger partial charge >= 0.3 is 6.18 Å². The molecule has 0 heterocycles. The fourth-order valence-corrected chi connectivity index (χ4v) is 2.30. The van der Waals surface area contributed by atoms with Crippen molar-refractivity contribution in [3.63, 3.8) is 0 Å². The number of anilines is 2. The molecule has 4 nitrogen and oxygen atoms in total. The van der Waals surface area contributed by atoms with Crippen LogP contribution in [0.4, 0.5) is 24.5 Å². The van der Waals surface area contributed by atoms with Gasteiger partial charge in [0.2, 0.25) is 5.91 Å². The van der Waals surface area contributed by atoms with Crippen LogP contribution in [0.15, 0.2) is 48.5 Å².